The van der Waals surface area contributed by atoms with Crippen molar-refractivity contribution < 1.29 is 0 Å². The van der Waals surface area contributed by atoms with E-state index in [0.717, 1.165) is 29.1 Å². The summed E-state index contributed by atoms with van der Waals surface area (Å²) < 4.78 is 0. The molecule has 0 N–H and O–H groups in total. The molecule has 1 aromatic heterocycles. The van der Waals surface area contributed by atoms with E-state index in [1.54, 1.807) is 11.3 Å². The van der Waals surface area contributed by atoms with E-state index in [1.165, 1.54) is 16.0 Å². The predicted molar refractivity (Wildman–Crippen MR) is 99.9 cm³/mol. The van der Waals surface area contributed by atoms with Gasteiger partial charge < -0.3 is 0 Å². The SMILES string of the molecule is N#C/C(=C\c1cccc(Cl)c1)c1nc2c(s1)CCc1ccccc1-2. The molecule has 0 radical (unpaired) electrons. The zero-order valence-electron chi connectivity index (χ0n) is 12.8. The number of allylic oxidation sites excluding steroid dienone is 1. The van der Waals surface area contributed by atoms with Gasteiger partial charge in [0.2, 0.25) is 0 Å². The lowest BCUT2D eigenvalue weighted by molar-refractivity contribution is 0.955. The van der Waals surface area contributed by atoms with Crippen molar-refractivity contribution in [1.82, 2.24) is 4.98 Å². The minimum atomic E-state index is 0.578. The quantitative estimate of drug-likeness (QED) is 0.563. The molecule has 2 nitrogen and oxygen atoms in total. The molecule has 0 aliphatic heterocycles. The Morgan fingerprint density at radius 2 is 2.04 bits per heavy atom. The molecular weight excluding hydrogens is 336 g/mol. The first-order valence-corrected chi connectivity index (χ1v) is 8.90. The van der Waals surface area contributed by atoms with E-state index in [4.69, 9.17) is 16.6 Å². The van der Waals surface area contributed by atoms with Crippen LogP contribution in [0.15, 0.2) is 48.5 Å². The summed E-state index contributed by atoms with van der Waals surface area (Å²) in [6.45, 7) is 0. The molecule has 116 valence electrons. The smallest absolute Gasteiger partial charge is 0.134 e. The van der Waals surface area contributed by atoms with E-state index in [0.29, 0.717) is 10.6 Å². The molecule has 4 rings (SSSR count). The van der Waals surface area contributed by atoms with Gasteiger partial charge in [-0.1, -0.05) is 48.0 Å². The summed E-state index contributed by atoms with van der Waals surface area (Å²) in [6, 6.07) is 18.2. The molecule has 1 aliphatic carbocycles. The van der Waals surface area contributed by atoms with Crippen LogP contribution in [0.3, 0.4) is 0 Å². The van der Waals surface area contributed by atoms with Crippen LogP contribution < -0.4 is 0 Å². The summed E-state index contributed by atoms with van der Waals surface area (Å²) in [6.07, 6.45) is 3.87. The van der Waals surface area contributed by atoms with Crippen LogP contribution in [0, 0.1) is 11.3 Å². The molecule has 0 saturated heterocycles. The van der Waals surface area contributed by atoms with Crippen LogP contribution in [0.4, 0.5) is 0 Å². The van der Waals surface area contributed by atoms with Crippen molar-refractivity contribution in [2.24, 2.45) is 0 Å². The molecule has 0 unspecified atom stereocenters. The largest absolute Gasteiger partial charge is 0.235 e. The number of thiazole rings is 1. The average molecular weight is 349 g/mol. The van der Waals surface area contributed by atoms with Gasteiger partial charge in [-0.15, -0.1) is 11.3 Å². The molecule has 1 aliphatic rings. The van der Waals surface area contributed by atoms with Crippen LogP contribution in [-0.2, 0) is 12.8 Å². The zero-order chi connectivity index (χ0) is 16.5. The Bertz CT molecular complexity index is 995. The second-order valence-corrected chi connectivity index (χ2v) is 7.19. The van der Waals surface area contributed by atoms with Gasteiger partial charge in [-0.3, -0.25) is 0 Å². The highest BCUT2D eigenvalue weighted by molar-refractivity contribution is 7.13. The van der Waals surface area contributed by atoms with Crippen LogP contribution >= 0.6 is 22.9 Å². The highest BCUT2D eigenvalue weighted by Gasteiger charge is 2.21. The summed E-state index contributed by atoms with van der Waals surface area (Å²) in [5.74, 6) is 0. The van der Waals surface area contributed by atoms with Crippen molar-refractivity contribution in [3.63, 3.8) is 0 Å². The fraction of sp³-hybridized carbons (Fsp3) is 0.100. The Kier molecular flexibility index (Phi) is 3.93. The molecule has 24 heavy (non-hydrogen) atoms. The van der Waals surface area contributed by atoms with Crippen LogP contribution in [0.5, 0.6) is 0 Å². The van der Waals surface area contributed by atoms with Gasteiger partial charge in [-0.25, -0.2) is 4.98 Å². The maximum absolute atomic E-state index is 9.58. The summed E-state index contributed by atoms with van der Waals surface area (Å²) in [5.41, 5.74) is 5.05. The topological polar surface area (TPSA) is 36.7 Å². The highest BCUT2D eigenvalue weighted by Crippen LogP contribution is 2.38. The number of hydrogen-bond donors (Lipinski definition) is 0. The maximum atomic E-state index is 9.58. The fourth-order valence-electron chi connectivity index (χ4n) is 2.97. The molecule has 1 heterocycles. The van der Waals surface area contributed by atoms with Crippen LogP contribution in [0.2, 0.25) is 5.02 Å². The molecule has 4 heteroatoms. The number of rotatable bonds is 2. The molecule has 0 saturated carbocycles. The third-order valence-electron chi connectivity index (χ3n) is 4.10. The van der Waals surface area contributed by atoms with Gasteiger partial charge in [-0.2, -0.15) is 5.26 Å². The van der Waals surface area contributed by atoms with Gasteiger partial charge in [0.1, 0.15) is 11.1 Å². The molecule has 0 atom stereocenters. The molecular formula is C20H13ClN2S. The second kappa shape index (κ2) is 6.24. The zero-order valence-corrected chi connectivity index (χ0v) is 14.4. The number of nitriles is 1. The Labute approximate surface area is 149 Å². The lowest BCUT2D eigenvalue weighted by Crippen LogP contribution is -2.01. The minimum absolute atomic E-state index is 0.578. The molecule has 0 spiro atoms. The van der Waals surface area contributed by atoms with Crippen LogP contribution in [0.25, 0.3) is 22.9 Å². The summed E-state index contributed by atoms with van der Waals surface area (Å²) in [4.78, 5) is 6.04. The van der Waals surface area contributed by atoms with E-state index >= 15 is 0 Å². The van der Waals surface area contributed by atoms with Gasteiger partial charge in [-0.05, 0) is 42.2 Å². The van der Waals surface area contributed by atoms with Crippen molar-refractivity contribution in [3.05, 3.63) is 74.6 Å². The van der Waals surface area contributed by atoms with E-state index in [1.807, 2.05) is 36.4 Å². The first-order chi connectivity index (χ1) is 11.7. The van der Waals surface area contributed by atoms with E-state index < -0.39 is 0 Å². The normalized spacial score (nSPS) is 13.1. The van der Waals surface area contributed by atoms with Gasteiger partial charge in [0, 0.05) is 15.5 Å². The third-order valence-corrected chi connectivity index (χ3v) is 5.49. The first kappa shape index (κ1) is 15.1. The Morgan fingerprint density at radius 1 is 1.17 bits per heavy atom. The van der Waals surface area contributed by atoms with Crippen molar-refractivity contribution in [2.45, 2.75) is 12.8 Å². The van der Waals surface area contributed by atoms with Crippen molar-refractivity contribution in [1.29, 1.82) is 5.26 Å². The lowest BCUT2D eigenvalue weighted by Gasteiger charge is -2.13. The van der Waals surface area contributed by atoms with E-state index in [9.17, 15) is 5.26 Å². The molecule has 3 aromatic rings. The summed E-state index contributed by atoms with van der Waals surface area (Å²) >= 11 is 7.65. The van der Waals surface area contributed by atoms with Crippen LogP contribution in [-0.4, -0.2) is 4.98 Å². The molecule has 0 amide bonds. The van der Waals surface area contributed by atoms with Gasteiger partial charge in [0.15, 0.2) is 0 Å². The Balaban J connectivity index is 1.78. The van der Waals surface area contributed by atoms with Crippen molar-refractivity contribution in [2.75, 3.05) is 0 Å². The molecule has 0 bridgehead atoms. The standard InChI is InChI=1S/C20H13ClN2S/c21-16-6-3-4-13(11-16)10-15(12-22)20-23-19-17-7-2-1-5-14(17)8-9-18(19)24-20/h1-7,10-11H,8-9H2/b15-10+. The van der Waals surface area contributed by atoms with Crippen molar-refractivity contribution in [3.8, 4) is 17.3 Å². The highest BCUT2D eigenvalue weighted by atomic mass is 35.5. The number of nitrogens with zero attached hydrogens (tertiary/aromatic N) is 2. The summed E-state index contributed by atoms with van der Waals surface area (Å²) in [7, 11) is 0. The Morgan fingerprint density at radius 3 is 2.88 bits per heavy atom. The van der Waals surface area contributed by atoms with Gasteiger partial charge in [0.25, 0.3) is 0 Å². The van der Waals surface area contributed by atoms with E-state index in [-0.39, 0.29) is 0 Å². The predicted octanol–water partition coefficient (Wildman–Crippen LogP) is 5.63. The fourth-order valence-corrected chi connectivity index (χ4v) is 4.21. The number of aryl methyl sites for hydroxylation is 2. The van der Waals surface area contributed by atoms with E-state index in [2.05, 4.69) is 24.3 Å². The third kappa shape index (κ3) is 2.75. The van der Waals surface area contributed by atoms with Gasteiger partial charge in [0.05, 0.1) is 11.3 Å². The minimum Gasteiger partial charge on any atom is -0.235 e. The number of hydrogen-bond acceptors (Lipinski definition) is 3. The first-order valence-electron chi connectivity index (χ1n) is 7.70. The Hall–Kier alpha value is -2.41. The number of halogens is 1. The summed E-state index contributed by atoms with van der Waals surface area (Å²) in [5, 5.41) is 11.0. The number of benzene rings is 2. The molecule has 2 aromatic carbocycles. The monoisotopic (exact) mass is 348 g/mol. The van der Waals surface area contributed by atoms with Gasteiger partial charge >= 0.3 is 0 Å². The number of aromatic nitrogens is 1. The molecule has 0 fully saturated rings. The lowest BCUT2D eigenvalue weighted by atomic mass is 9.94. The number of fused-ring (bicyclic) bond motifs is 3. The maximum Gasteiger partial charge on any atom is 0.134 e. The van der Waals surface area contributed by atoms with Crippen molar-refractivity contribution >= 4 is 34.6 Å². The second-order valence-electron chi connectivity index (χ2n) is 5.67. The van der Waals surface area contributed by atoms with Crippen LogP contribution in [0.1, 0.15) is 21.0 Å². The average Bonchev–Trinajstić information content (AvgIpc) is 3.04.